The van der Waals surface area contributed by atoms with E-state index in [1.165, 1.54) is 0 Å². The Bertz CT molecular complexity index is 1380. The first-order valence-corrected chi connectivity index (χ1v) is 15.9. The van der Waals surface area contributed by atoms with Crippen LogP contribution in [0.5, 0.6) is 11.5 Å². The monoisotopic (exact) mass is 638 g/mol. The fraction of sp³-hybridized carbons (Fsp3) is 0.333. The molecule has 0 fully saturated rings. The Balaban J connectivity index is 1.79. The van der Waals surface area contributed by atoms with Crippen molar-refractivity contribution in [2.24, 2.45) is 0 Å². The molecule has 240 valence electrons. The lowest BCUT2D eigenvalue weighted by Crippen LogP contribution is -2.39. The minimum Gasteiger partial charge on any atom is -0.447 e. The molecular formula is C33H39N2O9P. The summed E-state index contributed by atoms with van der Waals surface area (Å²) in [5, 5.41) is 5.34. The SMILES string of the molecule is C#CCOCCOCCOC(=O)NC(Cc1ccc(NC(=O)OC(C)(C)C)cc1)P(=O)(Oc1ccccc1)Oc1ccccc1. The first-order valence-electron chi connectivity index (χ1n) is 14.3. The molecule has 0 saturated heterocycles. The first kappa shape index (κ1) is 35.0. The van der Waals surface area contributed by atoms with Crippen molar-refractivity contribution in [1.82, 2.24) is 5.32 Å². The van der Waals surface area contributed by atoms with Gasteiger partial charge in [0.15, 0.2) is 5.78 Å². The van der Waals surface area contributed by atoms with Crippen molar-refractivity contribution in [3.05, 3.63) is 90.5 Å². The van der Waals surface area contributed by atoms with E-state index < -0.39 is 31.2 Å². The van der Waals surface area contributed by atoms with Gasteiger partial charge >= 0.3 is 19.8 Å². The van der Waals surface area contributed by atoms with Gasteiger partial charge in [0.05, 0.1) is 19.8 Å². The van der Waals surface area contributed by atoms with Crippen molar-refractivity contribution in [3.8, 4) is 23.8 Å². The van der Waals surface area contributed by atoms with Gasteiger partial charge in [0.25, 0.3) is 0 Å². The summed E-state index contributed by atoms with van der Waals surface area (Å²) in [7, 11) is -4.18. The van der Waals surface area contributed by atoms with Crippen LogP contribution in [-0.2, 0) is 29.9 Å². The van der Waals surface area contributed by atoms with Gasteiger partial charge in [0.2, 0.25) is 0 Å². The molecule has 45 heavy (non-hydrogen) atoms. The summed E-state index contributed by atoms with van der Waals surface area (Å²) < 4.78 is 47.7. The highest BCUT2D eigenvalue weighted by molar-refractivity contribution is 7.55. The molecule has 0 aromatic heterocycles. The third-order valence-electron chi connectivity index (χ3n) is 5.66. The molecule has 0 aliphatic heterocycles. The zero-order valence-electron chi connectivity index (χ0n) is 25.6. The van der Waals surface area contributed by atoms with E-state index in [0.717, 1.165) is 0 Å². The lowest BCUT2D eigenvalue weighted by Gasteiger charge is -2.28. The second-order valence-corrected chi connectivity index (χ2v) is 12.6. The molecule has 0 heterocycles. The van der Waals surface area contributed by atoms with Gasteiger partial charge in [-0.15, -0.1) is 6.42 Å². The Morgan fingerprint density at radius 2 is 1.36 bits per heavy atom. The number of hydrogen-bond acceptors (Lipinski definition) is 9. The van der Waals surface area contributed by atoms with Crippen molar-refractivity contribution in [2.45, 2.75) is 38.6 Å². The predicted octanol–water partition coefficient (Wildman–Crippen LogP) is 6.65. The molecule has 1 unspecified atom stereocenters. The molecule has 3 aromatic rings. The number of ether oxygens (including phenoxy) is 4. The Labute approximate surface area is 264 Å². The molecule has 0 radical (unpaired) electrons. The number of carbonyl (C=O) groups is 2. The van der Waals surface area contributed by atoms with Gasteiger partial charge in [-0.1, -0.05) is 54.5 Å². The highest BCUT2D eigenvalue weighted by atomic mass is 31.2. The van der Waals surface area contributed by atoms with Crippen LogP contribution >= 0.6 is 7.60 Å². The number of hydrogen-bond donors (Lipinski definition) is 2. The van der Waals surface area contributed by atoms with Crippen LogP contribution in [0.15, 0.2) is 84.9 Å². The van der Waals surface area contributed by atoms with Crippen LogP contribution in [0.25, 0.3) is 0 Å². The molecule has 12 heteroatoms. The van der Waals surface area contributed by atoms with E-state index in [1.54, 1.807) is 106 Å². The molecule has 0 aliphatic rings. The van der Waals surface area contributed by atoms with Crippen molar-refractivity contribution in [1.29, 1.82) is 0 Å². The van der Waals surface area contributed by atoms with Crippen molar-refractivity contribution in [3.63, 3.8) is 0 Å². The highest BCUT2D eigenvalue weighted by Gasteiger charge is 2.41. The van der Waals surface area contributed by atoms with Crippen LogP contribution < -0.4 is 19.7 Å². The number of terminal acetylenes is 1. The maximum Gasteiger partial charge on any atom is 0.453 e. The van der Waals surface area contributed by atoms with Crippen LogP contribution in [-0.4, -0.2) is 56.6 Å². The third kappa shape index (κ3) is 13.4. The summed E-state index contributed by atoms with van der Waals surface area (Å²) in [5.74, 6) is 1.75. The molecule has 0 aliphatic carbocycles. The minimum absolute atomic E-state index is 0.0295. The predicted molar refractivity (Wildman–Crippen MR) is 170 cm³/mol. The second kappa shape index (κ2) is 17.7. The summed E-state index contributed by atoms with van der Waals surface area (Å²) in [6.45, 7) is 6.12. The van der Waals surface area contributed by atoms with Crippen molar-refractivity contribution >= 4 is 25.5 Å². The summed E-state index contributed by atoms with van der Waals surface area (Å²) >= 11 is 0. The van der Waals surface area contributed by atoms with Crippen LogP contribution in [0.1, 0.15) is 26.3 Å². The van der Waals surface area contributed by atoms with Crippen LogP contribution in [0, 0.1) is 12.3 Å². The fourth-order valence-corrected chi connectivity index (χ4v) is 5.56. The highest BCUT2D eigenvalue weighted by Crippen LogP contribution is 2.53. The molecule has 3 rings (SSSR count). The van der Waals surface area contributed by atoms with E-state index in [4.69, 9.17) is 34.4 Å². The number of benzene rings is 3. The Morgan fingerprint density at radius 1 is 0.800 bits per heavy atom. The molecule has 0 bridgehead atoms. The van der Waals surface area contributed by atoms with Gasteiger partial charge in [-0.3, -0.25) is 5.32 Å². The minimum atomic E-state index is -4.18. The maximum absolute atomic E-state index is 14.6. The molecule has 3 aromatic carbocycles. The molecule has 11 nitrogen and oxygen atoms in total. The molecular weight excluding hydrogens is 599 g/mol. The van der Waals surface area contributed by atoms with Crippen molar-refractivity contribution < 1.29 is 42.1 Å². The quantitative estimate of drug-likeness (QED) is 0.101. The van der Waals surface area contributed by atoms with E-state index in [9.17, 15) is 14.2 Å². The van der Waals surface area contributed by atoms with Gasteiger partial charge in [-0.05, 0) is 62.7 Å². The summed E-state index contributed by atoms with van der Waals surface area (Å²) in [4.78, 5) is 25.1. The Hall–Kier alpha value is -4.49. The normalized spacial score (nSPS) is 11.9. The maximum atomic E-state index is 14.6. The lowest BCUT2D eigenvalue weighted by atomic mass is 10.1. The molecule has 1 atom stereocenters. The zero-order valence-corrected chi connectivity index (χ0v) is 26.5. The topological polar surface area (TPSA) is 131 Å². The second-order valence-electron chi connectivity index (χ2n) is 10.5. The summed E-state index contributed by atoms with van der Waals surface area (Å²) in [6.07, 6.45) is 3.72. The zero-order chi connectivity index (χ0) is 32.5. The van der Waals surface area contributed by atoms with Crippen LogP contribution in [0.2, 0.25) is 0 Å². The molecule has 0 saturated carbocycles. The van der Waals surface area contributed by atoms with Gasteiger partial charge in [0.1, 0.15) is 30.3 Å². The number of carbonyl (C=O) groups excluding carboxylic acids is 2. The third-order valence-corrected chi connectivity index (χ3v) is 7.67. The van der Waals surface area contributed by atoms with E-state index in [2.05, 4.69) is 16.6 Å². The fourth-order valence-electron chi connectivity index (χ4n) is 3.74. The number of para-hydroxylation sites is 2. The lowest BCUT2D eigenvalue weighted by molar-refractivity contribution is 0.0357. The van der Waals surface area contributed by atoms with E-state index in [1.807, 2.05) is 0 Å². The Morgan fingerprint density at radius 3 is 1.91 bits per heavy atom. The van der Waals surface area contributed by atoms with Gasteiger partial charge in [0, 0.05) is 12.1 Å². The number of amides is 2. The average molecular weight is 639 g/mol. The standard InChI is InChI=1S/C33H39N2O9P/c1-5-20-39-21-22-40-23-24-41-31(36)35-30(25-26-16-18-27(19-17-26)34-32(37)42-33(2,3)4)45(38,43-28-12-8-6-9-13-28)44-29-14-10-7-11-15-29/h1,6-19,30H,20-25H2,2-4H3,(H,34,37)(H,35,36). The molecule has 2 amide bonds. The van der Waals surface area contributed by atoms with Crippen LogP contribution in [0.3, 0.4) is 0 Å². The summed E-state index contributed by atoms with van der Waals surface area (Å²) in [5.41, 5.74) is 0.503. The number of anilines is 1. The van der Waals surface area contributed by atoms with Gasteiger partial charge < -0.3 is 33.3 Å². The summed E-state index contributed by atoms with van der Waals surface area (Å²) in [6, 6.07) is 23.8. The van der Waals surface area contributed by atoms with E-state index in [0.29, 0.717) is 17.9 Å². The van der Waals surface area contributed by atoms with Gasteiger partial charge in [-0.2, -0.15) is 0 Å². The first-order chi connectivity index (χ1) is 21.6. The largest absolute Gasteiger partial charge is 0.453 e. The van der Waals surface area contributed by atoms with E-state index >= 15 is 0 Å². The average Bonchev–Trinajstić information content (AvgIpc) is 2.99. The Kier molecular flexibility index (Phi) is 13.8. The molecule has 0 spiro atoms. The van der Waals surface area contributed by atoms with Crippen LogP contribution in [0.4, 0.5) is 15.3 Å². The molecule has 2 N–H and O–H groups in total. The van der Waals surface area contributed by atoms with Gasteiger partial charge in [-0.25, -0.2) is 14.2 Å². The smallest absolute Gasteiger partial charge is 0.447 e. The van der Waals surface area contributed by atoms with Crippen molar-refractivity contribution in [2.75, 3.05) is 38.4 Å². The number of alkyl carbamates (subject to hydrolysis) is 1. The number of nitrogens with one attached hydrogen (secondary N) is 2. The van der Waals surface area contributed by atoms with E-state index in [-0.39, 0.29) is 44.3 Å². The number of rotatable bonds is 16.